The van der Waals surface area contributed by atoms with Gasteiger partial charge in [0.15, 0.2) is 0 Å². The maximum Gasteiger partial charge on any atom is 0.429 e. The van der Waals surface area contributed by atoms with E-state index in [1.54, 1.807) is 0 Å². The normalized spacial score (nSPS) is 13.7. The number of hydrogen-bond acceptors (Lipinski definition) is 5. The molecule has 1 aromatic rings. The van der Waals surface area contributed by atoms with Crippen LogP contribution < -0.4 is 0 Å². The number of amides is 2. The smallest absolute Gasteiger partial charge is 0.429 e. The zero-order valence-corrected chi connectivity index (χ0v) is 13.8. The summed E-state index contributed by atoms with van der Waals surface area (Å²) in [6.45, 7) is 1.11. The minimum Gasteiger partial charge on any atom is -0.469 e. The summed E-state index contributed by atoms with van der Waals surface area (Å²) in [7, 11) is 1.31. The topological polar surface area (TPSA) is 76.2 Å². The van der Waals surface area contributed by atoms with Crippen LogP contribution in [-0.2, 0) is 25.7 Å². The van der Waals surface area contributed by atoms with Crippen LogP contribution in [-0.4, -0.2) is 48.2 Å². The molecule has 1 aliphatic rings. The van der Waals surface area contributed by atoms with Gasteiger partial charge in [-0.25, -0.2) is 14.8 Å². The molecule has 0 saturated carbocycles. The van der Waals surface area contributed by atoms with Gasteiger partial charge in [0.1, 0.15) is 6.61 Å². The summed E-state index contributed by atoms with van der Waals surface area (Å²) in [5, 5.41) is 2.74. The fourth-order valence-electron chi connectivity index (χ4n) is 2.47. The molecule has 2 amide bonds. The van der Waals surface area contributed by atoms with Gasteiger partial charge in [-0.3, -0.25) is 9.59 Å². The molecular formula is C17H22N2O5. The van der Waals surface area contributed by atoms with Crippen molar-refractivity contribution in [3.05, 3.63) is 35.9 Å². The summed E-state index contributed by atoms with van der Waals surface area (Å²) < 4.78 is 9.81. The molecule has 0 spiro atoms. The number of methoxy groups -OCH3 is 1. The van der Waals surface area contributed by atoms with Crippen LogP contribution >= 0.6 is 0 Å². The number of benzene rings is 1. The second-order valence-electron chi connectivity index (χ2n) is 5.46. The van der Waals surface area contributed by atoms with Crippen molar-refractivity contribution in [2.45, 2.75) is 32.3 Å². The highest BCUT2D eigenvalue weighted by Crippen LogP contribution is 2.15. The SMILES string of the molecule is COC(=O)CCCC(=O)N1CCCN1C(=O)OCc1ccccc1. The number of ether oxygens (including phenoxy) is 2. The van der Waals surface area contributed by atoms with Gasteiger partial charge in [-0.05, 0) is 18.4 Å². The molecular weight excluding hydrogens is 312 g/mol. The number of esters is 1. The van der Waals surface area contributed by atoms with Crippen molar-refractivity contribution < 1.29 is 23.9 Å². The lowest BCUT2D eigenvalue weighted by molar-refractivity contribution is -0.143. The summed E-state index contributed by atoms with van der Waals surface area (Å²) in [4.78, 5) is 35.5. The van der Waals surface area contributed by atoms with E-state index in [0.29, 0.717) is 25.9 Å². The van der Waals surface area contributed by atoms with Crippen LogP contribution in [0.2, 0.25) is 0 Å². The standard InChI is InChI=1S/C17H22N2O5/c1-23-16(21)10-5-9-15(20)18-11-6-12-19(18)17(22)24-13-14-7-3-2-4-8-14/h2-4,7-8H,5-6,9-13H2,1H3. The molecule has 1 saturated heterocycles. The molecule has 0 bridgehead atoms. The Bertz CT molecular complexity index is 576. The summed E-state index contributed by atoms with van der Waals surface area (Å²) in [5.74, 6) is -0.531. The third-order valence-electron chi connectivity index (χ3n) is 3.73. The van der Waals surface area contributed by atoms with E-state index in [9.17, 15) is 14.4 Å². The fraction of sp³-hybridized carbons (Fsp3) is 0.471. The van der Waals surface area contributed by atoms with Crippen molar-refractivity contribution in [1.82, 2.24) is 10.0 Å². The molecule has 0 aromatic heterocycles. The average Bonchev–Trinajstić information content (AvgIpc) is 3.10. The van der Waals surface area contributed by atoms with Gasteiger partial charge in [0.25, 0.3) is 0 Å². The van der Waals surface area contributed by atoms with Gasteiger partial charge in [-0.2, -0.15) is 0 Å². The highest BCUT2D eigenvalue weighted by molar-refractivity contribution is 5.80. The van der Waals surface area contributed by atoms with Crippen molar-refractivity contribution in [2.75, 3.05) is 20.2 Å². The first-order valence-corrected chi connectivity index (χ1v) is 7.97. The van der Waals surface area contributed by atoms with Crippen LogP contribution in [0.4, 0.5) is 4.79 Å². The van der Waals surface area contributed by atoms with Gasteiger partial charge in [-0.1, -0.05) is 30.3 Å². The summed E-state index contributed by atoms with van der Waals surface area (Å²) in [5.41, 5.74) is 0.890. The van der Waals surface area contributed by atoms with E-state index < -0.39 is 6.09 Å². The first kappa shape index (κ1) is 17.8. The Balaban J connectivity index is 1.81. The maximum atomic E-state index is 12.2. The number of hydrogen-bond donors (Lipinski definition) is 0. The summed E-state index contributed by atoms with van der Waals surface area (Å²) in [6, 6.07) is 9.37. The Morgan fingerprint density at radius 1 is 1.04 bits per heavy atom. The molecule has 7 heteroatoms. The minimum absolute atomic E-state index is 0.167. The van der Waals surface area contributed by atoms with Crippen LogP contribution in [0, 0.1) is 0 Å². The van der Waals surface area contributed by atoms with E-state index in [1.165, 1.54) is 17.1 Å². The second kappa shape index (κ2) is 8.90. The van der Waals surface area contributed by atoms with Crippen molar-refractivity contribution in [2.24, 2.45) is 0 Å². The molecule has 24 heavy (non-hydrogen) atoms. The van der Waals surface area contributed by atoms with E-state index >= 15 is 0 Å². The first-order chi connectivity index (χ1) is 11.6. The van der Waals surface area contributed by atoms with E-state index in [1.807, 2.05) is 30.3 Å². The molecule has 0 N–H and O–H groups in total. The molecule has 0 aliphatic carbocycles. The lowest BCUT2D eigenvalue weighted by Crippen LogP contribution is -2.45. The van der Waals surface area contributed by atoms with Crippen molar-refractivity contribution in [3.63, 3.8) is 0 Å². The zero-order valence-electron chi connectivity index (χ0n) is 13.8. The number of carbonyl (C=O) groups excluding carboxylic acids is 3. The predicted octanol–water partition coefficient (Wildman–Crippen LogP) is 2.12. The molecule has 130 valence electrons. The van der Waals surface area contributed by atoms with Gasteiger partial charge < -0.3 is 9.47 Å². The quantitative estimate of drug-likeness (QED) is 0.745. The highest BCUT2D eigenvalue weighted by Gasteiger charge is 2.31. The van der Waals surface area contributed by atoms with Crippen LogP contribution in [0.25, 0.3) is 0 Å². The predicted molar refractivity (Wildman–Crippen MR) is 85.5 cm³/mol. The van der Waals surface area contributed by atoms with Crippen LogP contribution in [0.3, 0.4) is 0 Å². The van der Waals surface area contributed by atoms with Crippen molar-refractivity contribution in [1.29, 1.82) is 0 Å². The number of hydrazine groups is 1. The molecule has 0 unspecified atom stereocenters. The fourth-order valence-corrected chi connectivity index (χ4v) is 2.47. The molecule has 7 nitrogen and oxygen atoms in total. The van der Waals surface area contributed by atoms with Gasteiger partial charge in [0.2, 0.25) is 5.91 Å². The Kier molecular flexibility index (Phi) is 6.60. The molecule has 1 fully saturated rings. The molecule has 1 aromatic carbocycles. The third kappa shape index (κ3) is 4.97. The van der Waals surface area contributed by atoms with Gasteiger partial charge >= 0.3 is 12.1 Å². The Labute approximate surface area is 141 Å². The van der Waals surface area contributed by atoms with Gasteiger partial charge in [0.05, 0.1) is 7.11 Å². The van der Waals surface area contributed by atoms with Gasteiger partial charge in [-0.15, -0.1) is 0 Å². The average molecular weight is 334 g/mol. The number of carbonyl (C=O) groups is 3. The number of rotatable bonds is 6. The Morgan fingerprint density at radius 2 is 1.75 bits per heavy atom. The van der Waals surface area contributed by atoms with Crippen LogP contribution in [0.5, 0.6) is 0 Å². The molecule has 0 radical (unpaired) electrons. The molecule has 0 atom stereocenters. The van der Waals surface area contributed by atoms with E-state index in [4.69, 9.17) is 4.74 Å². The van der Waals surface area contributed by atoms with Crippen LogP contribution in [0.1, 0.15) is 31.2 Å². The first-order valence-electron chi connectivity index (χ1n) is 7.97. The molecule has 1 aliphatic heterocycles. The molecule has 1 heterocycles. The summed E-state index contributed by atoms with van der Waals surface area (Å²) >= 11 is 0. The monoisotopic (exact) mass is 334 g/mol. The van der Waals surface area contributed by atoms with Crippen LogP contribution in [0.15, 0.2) is 30.3 Å². The summed E-state index contributed by atoms with van der Waals surface area (Å²) in [6.07, 6.45) is 0.960. The number of nitrogens with zero attached hydrogens (tertiary/aromatic N) is 2. The van der Waals surface area contributed by atoms with Gasteiger partial charge in [0, 0.05) is 25.9 Å². The third-order valence-corrected chi connectivity index (χ3v) is 3.73. The lowest BCUT2D eigenvalue weighted by atomic mass is 10.2. The van der Waals surface area contributed by atoms with E-state index in [-0.39, 0.29) is 31.3 Å². The highest BCUT2D eigenvalue weighted by atomic mass is 16.6. The van der Waals surface area contributed by atoms with E-state index in [0.717, 1.165) is 5.56 Å². The zero-order chi connectivity index (χ0) is 17.4. The minimum atomic E-state index is -0.530. The maximum absolute atomic E-state index is 12.2. The second-order valence-corrected chi connectivity index (χ2v) is 5.46. The van der Waals surface area contributed by atoms with Crippen molar-refractivity contribution in [3.8, 4) is 0 Å². The van der Waals surface area contributed by atoms with E-state index in [2.05, 4.69) is 4.74 Å². The van der Waals surface area contributed by atoms with Crippen molar-refractivity contribution >= 4 is 18.0 Å². The lowest BCUT2D eigenvalue weighted by Gasteiger charge is -2.27. The molecule has 2 rings (SSSR count). The Morgan fingerprint density at radius 3 is 2.46 bits per heavy atom. The largest absolute Gasteiger partial charge is 0.469 e. The Hall–Kier alpha value is -2.57.